The van der Waals surface area contributed by atoms with Crippen LogP contribution in [-0.2, 0) is 14.3 Å². The smallest absolute Gasteiger partial charge is 0.324 e. The molecule has 3 atom stereocenters. The van der Waals surface area contributed by atoms with E-state index in [0.717, 1.165) is 5.56 Å². The lowest BCUT2D eigenvalue weighted by atomic mass is 10.0. The normalized spacial score (nSPS) is 32.1. The Morgan fingerprint density at radius 2 is 2.00 bits per heavy atom. The molecule has 4 heteroatoms. The van der Waals surface area contributed by atoms with Crippen LogP contribution in [0.3, 0.4) is 0 Å². The maximum atomic E-state index is 12.2. The Morgan fingerprint density at radius 3 is 2.62 bits per heavy atom. The highest BCUT2D eigenvalue weighted by molar-refractivity contribution is 5.78. The molecule has 2 aliphatic rings. The Bertz CT molecular complexity index is 540. The first kappa shape index (κ1) is 14.3. The van der Waals surface area contributed by atoms with Crippen molar-refractivity contribution in [2.24, 2.45) is 0 Å². The predicted molar refractivity (Wildman–Crippen MR) is 79.5 cm³/mol. The van der Waals surface area contributed by atoms with Crippen LogP contribution >= 0.6 is 0 Å². The van der Waals surface area contributed by atoms with E-state index >= 15 is 0 Å². The monoisotopic (exact) mass is 287 g/mol. The van der Waals surface area contributed by atoms with Crippen LogP contribution in [0.4, 0.5) is 0 Å². The van der Waals surface area contributed by atoms with Crippen molar-refractivity contribution in [2.45, 2.75) is 44.2 Å². The Morgan fingerprint density at radius 1 is 1.29 bits per heavy atom. The molecule has 0 bridgehead atoms. The van der Waals surface area contributed by atoms with Crippen LogP contribution in [0, 0.1) is 0 Å². The Hall–Kier alpha value is -1.65. The van der Waals surface area contributed by atoms with Gasteiger partial charge in [-0.15, -0.1) is 0 Å². The van der Waals surface area contributed by atoms with Gasteiger partial charge in [0.15, 0.2) is 0 Å². The first-order valence-electron chi connectivity index (χ1n) is 7.33. The van der Waals surface area contributed by atoms with Crippen LogP contribution in [-0.4, -0.2) is 35.3 Å². The molecule has 1 aromatic carbocycles. The highest BCUT2D eigenvalue weighted by Gasteiger charge is 2.50. The van der Waals surface area contributed by atoms with Gasteiger partial charge in [0.2, 0.25) is 0 Å². The van der Waals surface area contributed by atoms with Gasteiger partial charge in [-0.05, 0) is 19.4 Å². The molecule has 0 N–H and O–H groups in total. The number of hydrogen-bond donors (Lipinski definition) is 0. The fraction of sp³-hybridized carbons (Fsp3) is 0.471. The summed E-state index contributed by atoms with van der Waals surface area (Å²) < 4.78 is 11.3. The molecule has 0 saturated carbocycles. The van der Waals surface area contributed by atoms with Crippen molar-refractivity contribution in [3.05, 3.63) is 48.6 Å². The SMILES string of the molecule is C=C[C@@H]1C[C@H](N2[C@@H](c3ccccc3)COC2(C)C)C(=O)O1. The van der Waals surface area contributed by atoms with Crippen molar-refractivity contribution >= 4 is 5.97 Å². The maximum absolute atomic E-state index is 12.2. The van der Waals surface area contributed by atoms with Crippen molar-refractivity contribution in [1.82, 2.24) is 4.90 Å². The van der Waals surface area contributed by atoms with Gasteiger partial charge >= 0.3 is 5.97 Å². The van der Waals surface area contributed by atoms with Gasteiger partial charge in [0.1, 0.15) is 17.9 Å². The number of cyclic esters (lactones) is 1. The number of esters is 1. The number of carbonyl (C=O) groups excluding carboxylic acids is 1. The molecule has 2 fully saturated rings. The molecule has 0 aromatic heterocycles. The fourth-order valence-corrected chi connectivity index (χ4v) is 3.30. The van der Waals surface area contributed by atoms with Crippen molar-refractivity contribution in [3.63, 3.8) is 0 Å². The van der Waals surface area contributed by atoms with E-state index in [2.05, 4.69) is 23.6 Å². The van der Waals surface area contributed by atoms with Crippen molar-refractivity contribution < 1.29 is 14.3 Å². The summed E-state index contributed by atoms with van der Waals surface area (Å²) in [5.74, 6) is -0.181. The van der Waals surface area contributed by atoms with Crippen LogP contribution in [0.1, 0.15) is 31.9 Å². The second kappa shape index (κ2) is 5.28. The van der Waals surface area contributed by atoms with Gasteiger partial charge in [0.05, 0.1) is 12.6 Å². The lowest BCUT2D eigenvalue weighted by Crippen LogP contribution is -2.49. The quantitative estimate of drug-likeness (QED) is 0.633. The van der Waals surface area contributed by atoms with Gasteiger partial charge in [-0.2, -0.15) is 0 Å². The predicted octanol–water partition coefficient (Wildman–Crippen LogP) is 2.67. The second-order valence-corrected chi connectivity index (χ2v) is 6.05. The number of benzene rings is 1. The van der Waals surface area contributed by atoms with Gasteiger partial charge in [0, 0.05) is 6.42 Å². The summed E-state index contributed by atoms with van der Waals surface area (Å²) in [5.41, 5.74) is 0.679. The fourth-order valence-electron chi connectivity index (χ4n) is 3.30. The summed E-state index contributed by atoms with van der Waals surface area (Å²) in [5, 5.41) is 0. The molecule has 0 amide bonds. The molecule has 0 spiro atoms. The first-order valence-corrected chi connectivity index (χ1v) is 7.33. The third-order valence-corrected chi connectivity index (χ3v) is 4.33. The Labute approximate surface area is 125 Å². The molecule has 4 nitrogen and oxygen atoms in total. The van der Waals surface area contributed by atoms with E-state index in [1.165, 1.54) is 0 Å². The van der Waals surface area contributed by atoms with Crippen molar-refractivity contribution in [1.29, 1.82) is 0 Å². The van der Waals surface area contributed by atoms with E-state index in [0.29, 0.717) is 13.0 Å². The molecule has 1 aromatic rings. The van der Waals surface area contributed by atoms with Crippen LogP contribution in [0.15, 0.2) is 43.0 Å². The molecule has 3 rings (SSSR count). The average molecular weight is 287 g/mol. The summed E-state index contributed by atoms with van der Waals surface area (Å²) in [7, 11) is 0. The van der Waals surface area contributed by atoms with E-state index in [1.54, 1.807) is 6.08 Å². The van der Waals surface area contributed by atoms with Crippen molar-refractivity contribution in [3.8, 4) is 0 Å². The minimum atomic E-state index is -0.486. The van der Waals surface area contributed by atoms with Gasteiger partial charge < -0.3 is 9.47 Å². The highest BCUT2D eigenvalue weighted by atomic mass is 16.6. The molecule has 21 heavy (non-hydrogen) atoms. The third kappa shape index (κ3) is 2.49. The van der Waals surface area contributed by atoms with Crippen LogP contribution in [0.5, 0.6) is 0 Å². The van der Waals surface area contributed by atoms with Gasteiger partial charge in [-0.3, -0.25) is 9.69 Å². The average Bonchev–Trinajstić information content (AvgIpc) is 2.99. The zero-order valence-corrected chi connectivity index (χ0v) is 12.5. The lowest BCUT2D eigenvalue weighted by molar-refractivity contribution is -0.150. The summed E-state index contributed by atoms with van der Waals surface area (Å²) >= 11 is 0. The van der Waals surface area contributed by atoms with Gasteiger partial charge in [-0.1, -0.05) is 43.0 Å². The molecule has 2 heterocycles. The number of rotatable bonds is 3. The molecule has 0 aliphatic carbocycles. The standard InChI is InChI=1S/C17H21NO3/c1-4-13-10-14(16(19)21-13)18-15(11-20-17(18,2)3)12-8-6-5-7-9-12/h4-9,13-15H,1,10-11H2,2-3H3/t13-,14+,15-/m1/s1. The zero-order valence-electron chi connectivity index (χ0n) is 12.5. The lowest BCUT2D eigenvalue weighted by Gasteiger charge is -2.36. The summed E-state index contributed by atoms with van der Waals surface area (Å²) in [6, 6.07) is 9.96. The first-order chi connectivity index (χ1) is 10.0. The second-order valence-electron chi connectivity index (χ2n) is 6.05. The molecule has 0 radical (unpaired) electrons. The Balaban J connectivity index is 1.92. The van der Waals surface area contributed by atoms with E-state index in [9.17, 15) is 4.79 Å². The highest BCUT2D eigenvalue weighted by Crippen LogP contribution is 2.41. The number of carbonyl (C=O) groups is 1. The molecule has 112 valence electrons. The van der Waals surface area contributed by atoms with Crippen molar-refractivity contribution in [2.75, 3.05) is 6.61 Å². The summed E-state index contributed by atoms with van der Waals surface area (Å²) in [6.07, 6.45) is 2.13. The molecule has 2 aliphatic heterocycles. The number of ether oxygens (including phenoxy) is 2. The van der Waals surface area contributed by atoms with E-state index in [-0.39, 0.29) is 24.2 Å². The van der Waals surface area contributed by atoms with E-state index in [4.69, 9.17) is 9.47 Å². The minimum Gasteiger partial charge on any atom is -0.457 e. The summed E-state index contributed by atoms with van der Waals surface area (Å²) in [4.78, 5) is 14.4. The molecular formula is C17H21NO3. The minimum absolute atomic E-state index is 0.0716. The largest absolute Gasteiger partial charge is 0.457 e. The van der Waals surface area contributed by atoms with Crippen LogP contribution < -0.4 is 0 Å². The van der Waals surface area contributed by atoms with Gasteiger partial charge in [0.25, 0.3) is 0 Å². The van der Waals surface area contributed by atoms with Crippen LogP contribution in [0.2, 0.25) is 0 Å². The van der Waals surface area contributed by atoms with Crippen LogP contribution in [0.25, 0.3) is 0 Å². The zero-order chi connectivity index (χ0) is 15.0. The Kier molecular flexibility index (Phi) is 3.59. The number of nitrogens with zero attached hydrogens (tertiary/aromatic N) is 1. The number of hydrogen-bond acceptors (Lipinski definition) is 4. The van der Waals surface area contributed by atoms with E-state index in [1.807, 2.05) is 32.0 Å². The third-order valence-electron chi connectivity index (χ3n) is 4.33. The molecule has 0 unspecified atom stereocenters. The topological polar surface area (TPSA) is 38.8 Å². The van der Waals surface area contributed by atoms with Gasteiger partial charge in [-0.25, -0.2) is 0 Å². The maximum Gasteiger partial charge on any atom is 0.324 e. The summed E-state index contributed by atoms with van der Waals surface area (Å²) in [6.45, 7) is 8.32. The van der Waals surface area contributed by atoms with E-state index < -0.39 is 5.72 Å². The molecule has 2 saturated heterocycles. The molecular weight excluding hydrogens is 266 g/mol.